The van der Waals surface area contributed by atoms with Gasteiger partial charge in [0.2, 0.25) is 0 Å². The van der Waals surface area contributed by atoms with Gasteiger partial charge in [-0.3, -0.25) is 0 Å². The van der Waals surface area contributed by atoms with Gasteiger partial charge >= 0.3 is 0 Å². The molecule has 1 aromatic rings. The molecule has 1 aliphatic heterocycles. The molecule has 9 heteroatoms. The number of ether oxygens (including phenoxy) is 3. The van der Waals surface area contributed by atoms with E-state index < -0.39 is 12.6 Å². The first-order valence-corrected chi connectivity index (χ1v) is 18.4. The number of thioether (sulfide) groups is 1. The maximum Gasteiger partial charge on any atom is 0.199 e. The SMILES string of the molecule is CCC(O)C1CCC(C(O)OC2=CC=C(OC(O)C3CCC(C(O)CC)CC3)C(SC(C)C3Cc4sccc4O3)C2)CC1. The predicted molar refractivity (Wildman–Crippen MR) is 172 cm³/mol. The molecule has 7 atom stereocenters. The predicted octanol–water partition coefficient (Wildman–Crippen LogP) is 6.54. The summed E-state index contributed by atoms with van der Waals surface area (Å²) in [5, 5.41) is 44.9. The van der Waals surface area contributed by atoms with Crippen LogP contribution in [-0.2, 0) is 15.9 Å². The van der Waals surface area contributed by atoms with Crippen LogP contribution in [0.4, 0.5) is 0 Å². The molecule has 1 aromatic heterocycles. The van der Waals surface area contributed by atoms with Crippen molar-refractivity contribution < 1.29 is 34.6 Å². The maximum atomic E-state index is 11.2. The summed E-state index contributed by atoms with van der Waals surface area (Å²) in [7, 11) is 0. The van der Waals surface area contributed by atoms with Gasteiger partial charge < -0.3 is 34.6 Å². The highest BCUT2D eigenvalue weighted by Crippen LogP contribution is 2.42. The number of hydrogen-bond donors (Lipinski definition) is 4. The normalized spacial score (nSPS) is 32.8. The number of rotatable bonds is 13. The highest BCUT2D eigenvalue weighted by molar-refractivity contribution is 8.00. The summed E-state index contributed by atoms with van der Waals surface area (Å²) in [5.41, 5.74) is 0. The Bertz CT molecular complexity index is 1050. The molecule has 5 rings (SSSR count). The second-order valence-electron chi connectivity index (χ2n) is 13.1. The molecule has 2 saturated carbocycles. The van der Waals surface area contributed by atoms with Crippen LogP contribution in [0.3, 0.4) is 0 Å². The van der Waals surface area contributed by atoms with Crippen LogP contribution in [0.15, 0.2) is 35.1 Å². The Hall–Kier alpha value is -1.23. The smallest absolute Gasteiger partial charge is 0.199 e. The average molecular weight is 637 g/mol. The molecule has 0 bridgehead atoms. The number of aliphatic hydroxyl groups is 4. The van der Waals surface area contributed by atoms with E-state index in [0.29, 0.717) is 18.3 Å². The Kier molecular flexibility index (Phi) is 11.8. The molecule has 43 heavy (non-hydrogen) atoms. The first kappa shape index (κ1) is 33.1. The van der Waals surface area contributed by atoms with Crippen molar-refractivity contribution in [3.8, 4) is 5.75 Å². The van der Waals surface area contributed by atoms with Crippen molar-refractivity contribution in [1.29, 1.82) is 0 Å². The van der Waals surface area contributed by atoms with Crippen LogP contribution in [0, 0.1) is 23.7 Å². The molecule has 0 amide bonds. The van der Waals surface area contributed by atoms with Gasteiger partial charge in [-0.2, -0.15) is 0 Å². The molecule has 0 aromatic carbocycles. The fraction of sp³-hybridized carbons (Fsp3) is 0.765. The van der Waals surface area contributed by atoms with E-state index in [1.165, 1.54) is 4.88 Å². The lowest BCUT2D eigenvalue weighted by molar-refractivity contribution is -0.126. The summed E-state index contributed by atoms with van der Waals surface area (Å²) in [6.07, 6.45) is 11.6. The Morgan fingerprint density at radius 2 is 1.37 bits per heavy atom. The highest BCUT2D eigenvalue weighted by atomic mass is 32.2. The molecule has 7 unspecified atom stereocenters. The molecule has 0 radical (unpaired) electrons. The van der Waals surface area contributed by atoms with Crippen LogP contribution in [0.25, 0.3) is 0 Å². The summed E-state index contributed by atoms with van der Waals surface area (Å²) in [5.74, 6) is 3.18. The highest BCUT2D eigenvalue weighted by Gasteiger charge is 2.37. The van der Waals surface area contributed by atoms with Crippen molar-refractivity contribution in [3.05, 3.63) is 40.0 Å². The largest absolute Gasteiger partial charge is 0.488 e. The van der Waals surface area contributed by atoms with Crippen LogP contribution in [0.1, 0.15) is 96.3 Å². The summed E-state index contributed by atoms with van der Waals surface area (Å²) < 4.78 is 18.7. The zero-order chi connectivity index (χ0) is 30.5. The third-order valence-corrected chi connectivity index (χ3v) is 12.7. The van der Waals surface area contributed by atoms with Crippen molar-refractivity contribution in [1.82, 2.24) is 0 Å². The first-order chi connectivity index (χ1) is 20.7. The Morgan fingerprint density at radius 3 is 1.93 bits per heavy atom. The average Bonchev–Trinajstić information content (AvgIpc) is 3.65. The number of hydrogen-bond acceptors (Lipinski definition) is 9. The molecule has 0 saturated heterocycles. The molecular formula is C34H52O7S2. The second kappa shape index (κ2) is 15.4. The molecule has 4 N–H and O–H groups in total. The zero-order valence-electron chi connectivity index (χ0n) is 26.0. The lowest BCUT2D eigenvalue weighted by Crippen LogP contribution is -2.34. The molecule has 2 fully saturated rings. The van der Waals surface area contributed by atoms with Crippen LogP contribution in [0.5, 0.6) is 5.75 Å². The van der Waals surface area contributed by atoms with Gasteiger partial charge in [-0.05, 0) is 107 Å². The van der Waals surface area contributed by atoms with E-state index in [4.69, 9.17) is 14.2 Å². The molecule has 2 heterocycles. The van der Waals surface area contributed by atoms with Gasteiger partial charge in [0.25, 0.3) is 0 Å². The minimum absolute atomic E-state index is 0.0447. The summed E-state index contributed by atoms with van der Waals surface area (Å²) in [6, 6.07) is 2.05. The van der Waals surface area contributed by atoms with Gasteiger partial charge in [-0.15, -0.1) is 23.1 Å². The molecule has 242 valence electrons. The second-order valence-corrected chi connectivity index (χ2v) is 15.7. The maximum absolute atomic E-state index is 11.2. The summed E-state index contributed by atoms with van der Waals surface area (Å²) in [4.78, 5) is 1.29. The van der Waals surface area contributed by atoms with E-state index in [1.54, 1.807) is 23.1 Å². The van der Waals surface area contributed by atoms with Crippen LogP contribution in [0.2, 0.25) is 0 Å². The fourth-order valence-electron chi connectivity index (χ4n) is 7.31. The monoisotopic (exact) mass is 636 g/mol. The molecule has 4 aliphatic rings. The van der Waals surface area contributed by atoms with Gasteiger partial charge in [-0.25, -0.2) is 0 Å². The van der Waals surface area contributed by atoms with Crippen molar-refractivity contribution in [3.63, 3.8) is 0 Å². The van der Waals surface area contributed by atoms with Crippen molar-refractivity contribution >= 4 is 23.1 Å². The van der Waals surface area contributed by atoms with Gasteiger partial charge in [-0.1, -0.05) is 13.8 Å². The number of allylic oxidation sites excluding steroid dienone is 3. The topological polar surface area (TPSA) is 109 Å². The molecule has 0 spiro atoms. The van der Waals surface area contributed by atoms with E-state index >= 15 is 0 Å². The third-order valence-electron chi connectivity index (χ3n) is 10.3. The van der Waals surface area contributed by atoms with E-state index in [0.717, 1.165) is 87.9 Å². The molecule has 7 nitrogen and oxygen atoms in total. The zero-order valence-corrected chi connectivity index (χ0v) is 27.6. The van der Waals surface area contributed by atoms with Gasteiger partial charge in [0.1, 0.15) is 23.4 Å². The Balaban J connectivity index is 1.21. The minimum Gasteiger partial charge on any atom is -0.488 e. The molecule has 3 aliphatic carbocycles. The quantitative estimate of drug-likeness (QED) is 0.181. The van der Waals surface area contributed by atoms with Crippen molar-refractivity contribution in [2.45, 2.75) is 139 Å². The van der Waals surface area contributed by atoms with E-state index in [2.05, 4.69) is 12.3 Å². The lowest BCUT2D eigenvalue weighted by atomic mass is 9.78. The van der Waals surface area contributed by atoms with Crippen LogP contribution in [-0.4, -0.2) is 61.8 Å². The minimum atomic E-state index is -0.894. The van der Waals surface area contributed by atoms with Gasteiger partial charge in [0, 0.05) is 29.9 Å². The first-order valence-electron chi connectivity index (χ1n) is 16.6. The van der Waals surface area contributed by atoms with Crippen LogP contribution < -0.4 is 4.74 Å². The number of thiophene rings is 1. The number of fused-ring (bicyclic) bond motifs is 1. The lowest BCUT2D eigenvalue weighted by Gasteiger charge is -2.36. The van der Waals surface area contributed by atoms with Crippen LogP contribution >= 0.6 is 23.1 Å². The van der Waals surface area contributed by atoms with E-state index in [9.17, 15) is 20.4 Å². The Morgan fingerprint density at radius 1 is 0.814 bits per heavy atom. The fourth-order valence-corrected chi connectivity index (χ4v) is 9.54. The Labute approximate surface area is 265 Å². The summed E-state index contributed by atoms with van der Waals surface area (Å²) in [6.45, 7) is 6.23. The standard InChI is InChI=1S/C34H52O7S2/c1-4-26(35)21-6-10-23(11-7-21)33(37)39-25-14-15-28(41-34(38)24-12-8-22(9-13-24)27(36)5-2)32(18-25)43-20(3)30-19-31-29(40-30)16-17-42-31/h14-17,20-24,26-27,30,32-38H,4-13,18-19H2,1-3H3. The summed E-state index contributed by atoms with van der Waals surface area (Å²) >= 11 is 3.52. The molecular weight excluding hydrogens is 585 g/mol. The van der Waals surface area contributed by atoms with Crippen molar-refractivity contribution in [2.24, 2.45) is 23.7 Å². The number of aliphatic hydroxyl groups excluding tert-OH is 4. The van der Waals surface area contributed by atoms with Gasteiger partial charge in [0.05, 0.1) is 22.3 Å². The van der Waals surface area contributed by atoms with Crippen molar-refractivity contribution in [2.75, 3.05) is 0 Å². The van der Waals surface area contributed by atoms with Gasteiger partial charge in [0.15, 0.2) is 12.6 Å². The van der Waals surface area contributed by atoms with E-state index in [-0.39, 0.29) is 40.6 Å². The third kappa shape index (κ3) is 8.33. The van der Waals surface area contributed by atoms with E-state index in [1.807, 2.05) is 32.1 Å².